The molecular weight excluding hydrogens is 1030 g/mol. The number of halogens is 2. The van der Waals surface area contributed by atoms with Gasteiger partial charge in [-0.2, -0.15) is 35.8 Å². The van der Waals surface area contributed by atoms with E-state index < -0.39 is 45.0 Å². The number of nitrogens with one attached hydrogen (secondary N) is 3. The summed E-state index contributed by atoms with van der Waals surface area (Å²) in [5.41, 5.74) is 1.15. The van der Waals surface area contributed by atoms with Crippen molar-refractivity contribution < 1.29 is 43.7 Å². The molecule has 0 aliphatic carbocycles. The highest BCUT2D eigenvalue weighted by Gasteiger charge is 2.25. The Morgan fingerprint density at radius 3 is 1.89 bits per heavy atom. The Kier molecular flexibility index (Phi) is 14.5. The molecule has 0 saturated heterocycles. The molecule has 5 aromatic carbocycles. The van der Waals surface area contributed by atoms with Gasteiger partial charge in [-0.15, -0.1) is 20.5 Å². The number of benzene rings is 5. The molecule has 7 rings (SSSR count). The van der Waals surface area contributed by atoms with Crippen LogP contribution in [0.15, 0.2) is 132 Å². The molecule has 0 spiro atoms. The van der Waals surface area contributed by atoms with Gasteiger partial charge in [0.15, 0.2) is 16.6 Å². The SMILES string of the molecule is Cc1c(C#N)c(Nc2ccc(Cl)c(S(=O)(=O)O)c2)nc(Nc2ccc(Cl)cc2)c1N=Nc1sc(/N=N/c2cc(S(=O)(=O)O)c3cccc(S(=O)(=O)O)c3c2)c(-c2ccc(NC(=O)C(C)C)cc2)c1C#N. The summed E-state index contributed by atoms with van der Waals surface area (Å²) in [4.78, 5) is 15.0. The molecule has 0 atom stereocenters. The van der Waals surface area contributed by atoms with Crippen molar-refractivity contribution in [2.45, 2.75) is 35.5 Å². The lowest BCUT2D eigenvalue weighted by Gasteiger charge is -2.16. The molecule has 0 radical (unpaired) electrons. The normalized spacial score (nSPS) is 12.1. The Labute approximate surface area is 413 Å². The van der Waals surface area contributed by atoms with Crippen molar-refractivity contribution in [2.24, 2.45) is 26.4 Å². The molecule has 2 heterocycles. The van der Waals surface area contributed by atoms with E-state index >= 15 is 0 Å². The lowest BCUT2D eigenvalue weighted by atomic mass is 10.0. The van der Waals surface area contributed by atoms with E-state index in [2.05, 4.69) is 53.5 Å². The summed E-state index contributed by atoms with van der Waals surface area (Å²) in [6.45, 7) is 4.96. The van der Waals surface area contributed by atoms with E-state index in [0.717, 1.165) is 35.6 Å². The van der Waals surface area contributed by atoms with Crippen LogP contribution in [0.3, 0.4) is 0 Å². The molecule has 0 aliphatic heterocycles. The number of anilines is 5. The van der Waals surface area contributed by atoms with Crippen LogP contribution in [0, 0.1) is 35.5 Å². The predicted molar refractivity (Wildman–Crippen MR) is 263 cm³/mol. The zero-order valence-electron chi connectivity index (χ0n) is 36.0. The van der Waals surface area contributed by atoms with Gasteiger partial charge in [0, 0.05) is 49.9 Å². The van der Waals surface area contributed by atoms with Crippen molar-refractivity contribution in [3.63, 3.8) is 0 Å². The minimum absolute atomic E-state index is 0.00141. The summed E-state index contributed by atoms with van der Waals surface area (Å²) < 4.78 is 104. The Morgan fingerprint density at radius 2 is 1.27 bits per heavy atom. The number of pyridine rings is 1. The highest BCUT2D eigenvalue weighted by atomic mass is 35.5. The summed E-state index contributed by atoms with van der Waals surface area (Å²) in [6, 6.07) is 26.0. The van der Waals surface area contributed by atoms with Crippen molar-refractivity contribution in [2.75, 3.05) is 16.0 Å². The van der Waals surface area contributed by atoms with Crippen molar-refractivity contribution in [3.05, 3.63) is 124 Å². The Hall–Kier alpha value is -7.23. The van der Waals surface area contributed by atoms with Crippen molar-refractivity contribution >= 4 is 132 Å². The largest absolute Gasteiger partial charge is 0.339 e. The van der Waals surface area contributed by atoms with Gasteiger partial charge in [-0.3, -0.25) is 18.5 Å². The lowest BCUT2D eigenvalue weighted by Crippen LogP contribution is -2.17. The van der Waals surface area contributed by atoms with Gasteiger partial charge in [0.25, 0.3) is 30.4 Å². The average molecular weight is 1060 g/mol. The first-order valence-corrected chi connectivity index (χ1v) is 25.7. The molecule has 0 saturated carbocycles. The quantitative estimate of drug-likeness (QED) is 0.0435. The number of carbonyl (C=O) groups is 1. The Bertz CT molecular complexity index is 3780. The first kappa shape index (κ1) is 50.6. The molecule has 1 amide bonds. The summed E-state index contributed by atoms with van der Waals surface area (Å²) >= 11 is 13.0. The van der Waals surface area contributed by atoms with E-state index in [1.807, 2.05) is 0 Å². The molecule has 0 bridgehead atoms. The maximum absolute atomic E-state index is 12.6. The fraction of sp³-hybridized carbons (Fsp3) is 0.0909. The zero-order valence-corrected chi connectivity index (χ0v) is 40.8. The third-order valence-corrected chi connectivity index (χ3v) is 14.4. The van der Waals surface area contributed by atoms with Crippen molar-refractivity contribution in [1.82, 2.24) is 4.98 Å². The third-order valence-electron chi connectivity index (χ3n) is 10.0. The molecule has 70 heavy (non-hydrogen) atoms. The number of thiophene rings is 1. The van der Waals surface area contributed by atoms with E-state index in [9.17, 15) is 54.2 Å². The van der Waals surface area contributed by atoms with Gasteiger partial charge >= 0.3 is 0 Å². The maximum atomic E-state index is 12.6. The number of azo groups is 2. The number of aromatic nitrogens is 1. The molecule has 26 heteroatoms. The third kappa shape index (κ3) is 11.1. The van der Waals surface area contributed by atoms with Crippen LogP contribution in [0.4, 0.5) is 50.1 Å². The van der Waals surface area contributed by atoms with Crippen LogP contribution in [0.25, 0.3) is 21.9 Å². The molecular formula is C44H32Cl2N10O10S4. The second-order valence-corrected chi connectivity index (χ2v) is 21.1. The number of nitrogens with zero attached hydrogens (tertiary/aromatic N) is 7. The predicted octanol–water partition coefficient (Wildman–Crippen LogP) is 12.0. The molecule has 2 aromatic heterocycles. The minimum atomic E-state index is -5.02. The van der Waals surface area contributed by atoms with E-state index in [0.29, 0.717) is 22.0 Å². The standard InChI is InChI=1S/C44H32Cl2N10O10S4/c1-22(2)42(57)51-27-11-7-24(8-12-27)38-33(21-48)43(67-44(38)56-53-29-17-31-30(36(19-29)69(61,62)63)5-4-6-35(31)68(58,59)60)55-54-39-23(3)32(20-47)40(52-41(39)49-26-13-9-25(45)10-14-26)50-28-15-16-34(46)37(18-28)70(64,65)66/h4-19,22H,1-3H3,(H,51,57)(H2,49,50,52)(H,58,59,60)(H,61,62,63)(H,64,65,66)/b55-54?,56-53+. The van der Waals surface area contributed by atoms with Crippen LogP contribution in [0.2, 0.25) is 10.0 Å². The molecule has 0 fully saturated rings. The summed E-state index contributed by atoms with van der Waals surface area (Å²) in [5, 5.41) is 46.9. The van der Waals surface area contributed by atoms with Crippen LogP contribution in [-0.4, -0.2) is 49.8 Å². The van der Waals surface area contributed by atoms with Gasteiger partial charge in [-0.1, -0.05) is 72.7 Å². The number of rotatable bonds is 14. The maximum Gasteiger partial charge on any atom is 0.296 e. The summed E-state index contributed by atoms with van der Waals surface area (Å²) in [7, 11) is -14.7. The van der Waals surface area contributed by atoms with Gasteiger partial charge in [-0.25, -0.2) is 4.98 Å². The number of nitriles is 2. The van der Waals surface area contributed by atoms with E-state index in [1.54, 1.807) is 62.4 Å². The highest BCUT2D eigenvalue weighted by Crippen LogP contribution is 2.49. The van der Waals surface area contributed by atoms with Crippen LogP contribution in [0.1, 0.15) is 30.5 Å². The number of amides is 1. The highest BCUT2D eigenvalue weighted by molar-refractivity contribution is 7.86. The van der Waals surface area contributed by atoms with E-state index in [-0.39, 0.29) is 88.6 Å². The van der Waals surface area contributed by atoms with Gasteiger partial charge in [0.1, 0.15) is 43.1 Å². The lowest BCUT2D eigenvalue weighted by molar-refractivity contribution is -0.118. The smallest absolute Gasteiger partial charge is 0.296 e. The van der Waals surface area contributed by atoms with Crippen LogP contribution in [0.5, 0.6) is 0 Å². The minimum Gasteiger partial charge on any atom is -0.339 e. The first-order valence-electron chi connectivity index (χ1n) is 19.8. The number of fused-ring (bicyclic) bond motifs is 1. The van der Waals surface area contributed by atoms with E-state index in [4.69, 9.17) is 23.2 Å². The first-order chi connectivity index (χ1) is 33.0. The van der Waals surface area contributed by atoms with E-state index in [1.165, 1.54) is 31.2 Å². The van der Waals surface area contributed by atoms with Crippen molar-refractivity contribution in [3.8, 4) is 23.3 Å². The Balaban J connectivity index is 1.41. The van der Waals surface area contributed by atoms with Crippen molar-refractivity contribution in [1.29, 1.82) is 10.5 Å². The zero-order chi connectivity index (χ0) is 50.9. The van der Waals surface area contributed by atoms with Gasteiger partial charge < -0.3 is 16.0 Å². The number of hydrogen-bond acceptors (Lipinski definition) is 17. The summed E-state index contributed by atoms with van der Waals surface area (Å²) in [5.74, 6) is -0.683. The topological polar surface area (TPSA) is 326 Å². The summed E-state index contributed by atoms with van der Waals surface area (Å²) in [6.07, 6.45) is 0. The Morgan fingerprint density at radius 1 is 0.671 bits per heavy atom. The fourth-order valence-corrected chi connectivity index (χ4v) is 10.1. The number of hydrogen-bond donors (Lipinski definition) is 6. The molecule has 20 nitrogen and oxygen atoms in total. The van der Waals surface area contributed by atoms with Crippen LogP contribution in [-0.2, 0) is 35.1 Å². The second-order valence-electron chi connectivity index (χ2n) is 15.1. The molecule has 6 N–H and O–H groups in total. The van der Waals surface area contributed by atoms with Crippen LogP contribution >= 0.6 is 34.5 Å². The molecule has 356 valence electrons. The van der Waals surface area contributed by atoms with Gasteiger partial charge in [-0.05, 0) is 85.3 Å². The average Bonchev–Trinajstić information content (AvgIpc) is 3.65. The monoisotopic (exact) mass is 1060 g/mol. The molecule has 7 aromatic rings. The number of carbonyl (C=O) groups excluding carboxylic acids is 1. The van der Waals surface area contributed by atoms with Gasteiger partial charge in [0.05, 0.1) is 16.3 Å². The fourth-order valence-electron chi connectivity index (χ4n) is 6.65. The van der Waals surface area contributed by atoms with Gasteiger partial charge in [0.2, 0.25) is 5.91 Å². The molecule has 0 unspecified atom stereocenters. The second kappa shape index (κ2) is 20.0. The van der Waals surface area contributed by atoms with Crippen LogP contribution < -0.4 is 16.0 Å². The molecule has 0 aliphatic rings.